The Labute approximate surface area is 206 Å². The molecule has 5 nitrogen and oxygen atoms in total. The van der Waals surface area contributed by atoms with E-state index < -0.39 is 0 Å². The van der Waals surface area contributed by atoms with Crippen molar-refractivity contribution in [1.29, 1.82) is 0 Å². The normalized spacial score (nSPS) is 16.8. The molecule has 0 radical (unpaired) electrons. The van der Waals surface area contributed by atoms with Gasteiger partial charge in [-0.1, -0.05) is 59.9 Å². The molecule has 1 aromatic heterocycles. The van der Waals surface area contributed by atoms with Crippen molar-refractivity contribution in [2.45, 2.75) is 25.8 Å². The summed E-state index contributed by atoms with van der Waals surface area (Å²) in [5, 5.41) is 9.62. The molecule has 0 spiro atoms. The van der Waals surface area contributed by atoms with E-state index in [-0.39, 0.29) is 17.4 Å². The third-order valence-electron chi connectivity index (χ3n) is 6.57. The van der Waals surface area contributed by atoms with Gasteiger partial charge in [-0.15, -0.1) is 0 Å². The Hall–Kier alpha value is -3.90. The van der Waals surface area contributed by atoms with Gasteiger partial charge in [-0.05, 0) is 72.4 Å². The van der Waals surface area contributed by atoms with E-state index in [0.29, 0.717) is 15.9 Å². The highest BCUT2D eigenvalue weighted by Crippen LogP contribution is 2.41. The molecular formula is C29H24N2O3S. The number of aromatic hydroxyl groups is 1. The lowest BCUT2D eigenvalue weighted by atomic mass is 9.83. The average molecular weight is 481 g/mol. The van der Waals surface area contributed by atoms with Crippen LogP contribution in [0.3, 0.4) is 0 Å². The molecule has 0 saturated carbocycles. The topological polar surface area (TPSA) is 63.8 Å². The molecule has 1 atom stereocenters. The fraction of sp³-hybridized carbons (Fsp3) is 0.172. The molecule has 0 bridgehead atoms. The van der Waals surface area contributed by atoms with Crippen LogP contribution in [0.1, 0.15) is 41.6 Å². The summed E-state index contributed by atoms with van der Waals surface area (Å²) in [6.07, 6.45) is 3.65. The average Bonchev–Trinajstić information content (AvgIpc) is 3.19. The summed E-state index contributed by atoms with van der Waals surface area (Å²) in [5.41, 5.74) is 6.47. The van der Waals surface area contributed by atoms with Gasteiger partial charge in [0.2, 0.25) is 0 Å². The minimum absolute atomic E-state index is 0.0499. The monoisotopic (exact) mass is 480 g/mol. The van der Waals surface area contributed by atoms with Gasteiger partial charge in [-0.2, -0.15) is 0 Å². The molecular weight excluding hydrogens is 456 g/mol. The largest absolute Gasteiger partial charge is 0.508 e. The van der Waals surface area contributed by atoms with Crippen LogP contribution < -0.4 is 19.6 Å². The number of thiazole rings is 1. The van der Waals surface area contributed by atoms with Crippen LogP contribution in [0, 0.1) is 0 Å². The second-order valence-electron chi connectivity index (χ2n) is 8.71. The van der Waals surface area contributed by atoms with Crippen LogP contribution in [0.25, 0.3) is 11.8 Å². The summed E-state index contributed by atoms with van der Waals surface area (Å²) in [4.78, 5) is 19.5. The van der Waals surface area contributed by atoms with Gasteiger partial charge in [0.25, 0.3) is 5.56 Å². The Kier molecular flexibility index (Phi) is 5.38. The minimum Gasteiger partial charge on any atom is -0.508 e. The number of aryl methyl sites for hydroxylation is 1. The van der Waals surface area contributed by atoms with Crippen molar-refractivity contribution in [2.75, 3.05) is 6.61 Å². The number of phenolic OH excluding ortho intramolecular Hbond substituents is 1. The quantitative estimate of drug-likeness (QED) is 0.470. The first kappa shape index (κ1) is 21.6. The van der Waals surface area contributed by atoms with Gasteiger partial charge in [0.05, 0.1) is 22.9 Å². The molecule has 0 saturated heterocycles. The van der Waals surface area contributed by atoms with Gasteiger partial charge in [0.15, 0.2) is 4.80 Å². The maximum Gasteiger partial charge on any atom is 0.271 e. The Morgan fingerprint density at radius 3 is 2.60 bits per heavy atom. The zero-order chi connectivity index (χ0) is 23.9. The number of rotatable bonds is 4. The zero-order valence-corrected chi connectivity index (χ0v) is 20.1. The Morgan fingerprint density at radius 2 is 1.83 bits per heavy atom. The third-order valence-corrected chi connectivity index (χ3v) is 7.55. The van der Waals surface area contributed by atoms with Crippen LogP contribution in [0.4, 0.5) is 0 Å². The molecule has 1 unspecified atom stereocenters. The molecule has 2 aliphatic rings. The smallest absolute Gasteiger partial charge is 0.271 e. The lowest BCUT2D eigenvalue weighted by molar-refractivity contribution is 0.340. The maximum atomic E-state index is 13.7. The summed E-state index contributed by atoms with van der Waals surface area (Å²) < 4.78 is 8.12. The van der Waals surface area contributed by atoms with E-state index in [0.717, 1.165) is 41.0 Å². The maximum absolute atomic E-state index is 13.7. The van der Waals surface area contributed by atoms with E-state index in [4.69, 9.17) is 9.73 Å². The standard InChI is InChI=1S/C29H24N2O3S/c1-2-34-22-14-9-20(10-15-22)27-24-16-11-19-5-3-4-6-23(19)26(24)30-29-31(27)28(33)25(35-29)17-18-7-12-21(32)13-8-18/h3-10,12-15,17,27,32H,2,11,16H2,1H3. The van der Waals surface area contributed by atoms with E-state index >= 15 is 0 Å². The number of hydrogen-bond donors (Lipinski definition) is 1. The van der Waals surface area contributed by atoms with Crippen LogP contribution in [-0.2, 0) is 6.42 Å². The SMILES string of the molecule is CCOc1ccc(C2C3=C(N=c4sc(=Cc5ccc(O)cc5)c(=O)n42)c2ccccc2CC3)cc1. The highest BCUT2D eigenvalue weighted by molar-refractivity contribution is 7.07. The van der Waals surface area contributed by atoms with Crippen molar-refractivity contribution in [3.8, 4) is 11.5 Å². The number of aromatic nitrogens is 1. The minimum atomic E-state index is -0.216. The molecule has 1 N–H and O–H groups in total. The Bertz CT molecular complexity index is 1630. The second-order valence-corrected chi connectivity index (χ2v) is 9.72. The molecule has 6 heteroatoms. The molecule has 3 aromatic carbocycles. The molecule has 174 valence electrons. The second kappa shape index (κ2) is 8.71. The van der Waals surface area contributed by atoms with E-state index in [2.05, 4.69) is 36.4 Å². The summed E-state index contributed by atoms with van der Waals surface area (Å²) >= 11 is 1.41. The predicted octanol–water partition coefficient (Wildman–Crippen LogP) is 4.42. The number of fused-ring (bicyclic) bond motifs is 3. The summed E-state index contributed by atoms with van der Waals surface area (Å²) in [6, 6.07) is 23.1. The van der Waals surface area contributed by atoms with Crippen molar-refractivity contribution in [3.05, 3.63) is 120 Å². The van der Waals surface area contributed by atoms with Crippen LogP contribution in [0.5, 0.6) is 11.5 Å². The van der Waals surface area contributed by atoms with Crippen molar-refractivity contribution in [1.82, 2.24) is 4.57 Å². The molecule has 4 aromatic rings. The molecule has 1 aliphatic carbocycles. The van der Waals surface area contributed by atoms with E-state index in [1.807, 2.05) is 29.7 Å². The van der Waals surface area contributed by atoms with Crippen molar-refractivity contribution in [3.63, 3.8) is 0 Å². The van der Waals surface area contributed by atoms with Crippen LogP contribution in [-0.4, -0.2) is 16.3 Å². The van der Waals surface area contributed by atoms with Gasteiger partial charge in [-0.25, -0.2) is 4.99 Å². The predicted molar refractivity (Wildman–Crippen MR) is 138 cm³/mol. The molecule has 0 fully saturated rings. The molecule has 0 amide bonds. The first-order valence-corrected chi connectivity index (χ1v) is 12.6. The first-order chi connectivity index (χ1) is 17.1. The van der Waals surface area contributed by atoms with E-state index in [9.17, 15) is 9.90 Å². The van der Waals surface area contributed by atoms with Gasteiger partial charge in [-0.3, -0.25) is 9.36 Å². The van der Waals surface area contributed by atoms with E-state index in [1.165, 1.54) is 22.5 Å². The number of benzene rings is 3. The zero-order valence-electron chi connectivity index (χ0n) is 19.3. The number of hydrogen-bond acceptors (Lipinski definition) is 5. The Morgan fingerprint density at radius 1 is 1.06 bits per heavy atom. The number of allylic oxidation sites excluding steroid dienone is 1. The Balaban J connectivity index is 1.58. The van der Waals surface area contributed by atoms with Gasteiger partial charge >= 0.3 is 0 Å². The highest BCUT2D eigenvalue weighted by atomic mass is 32.1. The third kappa shape index (κ3) is 3.80. The van der Waals surface area contributed by atoms with Crippen molar-refractivity contribution < 1.29 is 9.84 Å². The fourth-order valence-corrected chi connectivity index (χ4v) is 5.96. The fourth-order valence-electron chi connectivity index (χ4n) is 4.96. The number of phenols is 1. The van der Waals surface area contributed by atoms with Crippen molar-refractivity contribution in [2.24, 2.45) is 4.99 Å². The number of nitrogens with zero attached hydrogens (tertiary/aromatic N) is 2. The molecule has 6 rings (SSSR count). The highest BCUT2D eigenvalue weighted by Gasteiger charge is 2.32. The van der Waals surface area contributed by atoms with Crippen LogP contribution in [0.15, 0.2) is 88.2 Å². The molecule has 35 heavy (non-hydrogen) atoms. The summed E-state index contributed by atoms with van der Waals surface area (Å²) in [5.74, 6) is 1.02. The van der Waals surface area contributed by atoms with E-state index in [1.54, 1.807) is 24.3 Å². The first-order valence-electron chi connectivity index (χ1n) is 11.8. The van der Waals surface area contributed by atoms with Gasteiger partial charge in [0.1, 0.15) is 11.5 Å². The van der Waals surface area contributed by atoms with Gasteiger partial charge in [0, 0.05) is 5.56 Å². The van der Waals surface area contributed by atoms with Gasteiger partial charge < -0.3 is 9.84 Å². The summed E-state index contributed by atoms with van der Waals surface area (Å²) in [7, 11) is 0. The number of ether oxygens (including phenoxy) is 1. The van der Waals surface area contributed by atoms with Crippen molar-refractivity contribution >= 4 is 23.1 Å². The lowest BCUT2D eigenvalue weighted by Gasteiger charge is -2.30. The lowest BCUT2D eigenvalue weighted by Crippen LogP contribution is -2.38. The molecule has 2 heterocycles. The summed E-state index contributed by atoms with van der Waals surface area (Å²) in [6.45, 7) is 2.58. The molecule has 1 aliphatic heterocycles. The van der Waals surface area contributed by atoms with Crippen LogP contribution >= 0.6 is 11.3 Å². The van der Waals surface area contributed by atoms with Crippen LogP contribution in [0.2, 0.25) is 0 Å².